The molecular formula is C33H29Cl2FN4O2. The van der Waals surface area contributed by atoms with Crippen LogP contribution in [0.4, 0.5) is 4.39 Å². The highest BCUT2D eigenvalue weighted by Gasteiger charge is 2.22. The Balaban J connectivity index is 1.24. The summed E-state index contributed by atoms with van der Waals surface area (Å²) in [5.74, 6) is -0.244. The summed E-state index contributed by atoms with van der Waals surface area (Å²) in [4.78, 5) is 23.5. The van der Waals surface area contributed by atoms with Crippen LogP contribution in [0.2, 0.25) is 10.0 Å². The predicted molar refractivity (Wildman–Crippen MR) is 164 cm³/mol. The molecule has 1 N–H and O–H groups in total. The van der Waals surface area contributed by atoms with Gasteiger partial charge in [-0.2, -0.15) is 0 Å². The Morgan fingerprint density at radius 3 is 2.36 bits per heavy atom. The fraction of sp³-hybridized carbons (Fsp3) is 0.242. The number of halogens is 3. The van der Waals surface area contributed by atoms with Crippen LogP contribution in [0.1, 0.15) is 45.8 Å². The van der Waals surface area contributed by atoms with Crippen LogP contribution in [-0.2, 0) is 19.5 Å². The van der Waals surface area contributed by atoms with Crippen LogP contribution >= 0.6 is 23.2 Å². The van der Waals surface area contributed by atoms with Crippen molar-refractivity contribution >= 4 is 40.2 Å². The second-order valence-electron chi connectivity index (χ2n) is 10.8. The Hall–Kier alpha value is -3.78. The zero-order valence-electron chi connectivity index (χ0n) is 22.8. The second-order valence-corrected chi connectivity index (χ2v) is 11.6. The summed E-state index contributed by atoms with van der Waals surface area (Å²) in [5.41, 5.74) is 5.77. The third kappa shape index (κ3) is 6.33. The molecule has 42 heavy (non-hydrogen) atoms. The summed E-state index contributed by atoms with van der Waals surface area (Å²) in [6.45, 7) is 3.33. The minimum atomic E-state index is -1.02. The van der Waals surface area contributed by atoms with Crippen molar-refractivity contribution in [3.05, 3.63) is 117 Å². The minimum absolute atomic E-state index is 0.154. The fourth-order valence-corrected chi connectivity index (χ4v) is 6.31. The number of aryl methyl sites for hydroxylation is 2. The van der Waals surface area contributed by atoms with Crippen LogP contribution in [0.5, 0.6) is 0 Å². The van der Waals surface area contributed by atoms with E-state index in [9.17, 15) is 14.3 Å². The first-order valence-electron chi connectivity index (χ1n) is 13.9. The molecule has 1 fully saturated rings. The van der Waals surface area contributed by atoms with E-state index in [-0.39, 0.29) is 11.4 Å². The van der Waals surface area contributed by atoms with Gasteiger partial charge in [-0.15, -0.1) is 0 Å². The number of piperidine rings is 1. The number of benzene rings is 3. The highest BCUT2D eigenvalue weighted by molar-refractivity contribution is 6.34. The van der Waals surface area contributed by atoms with Crippen molar-refractivity contribution in [3.63, 3.8) is 0 Å². The lowest BCUT2D eigenvalue weighted by Crippen LogP contribution is -2.32. The van der Waals surface area contributed by atoms with Crippen molar-refractivity contribution in [2.45, 2.75) is 38.3 Å². The van der Waals surface area contributed by atoms with E-state index in [2.05, 4.69) is 32.7 Å². The van der Waals surface area contributed by atoms with Crippen LogP contribution in [0.15, 0.2) is 79.0 Å². The first kappa shape index (κ1) is 28.3. The van der Waals surface area contributed by atoms with Gasteiger partial charge in [0.1, 0.15) is 11.5 Å². The zero-order chi connectivity index (χ0) is 29.2. The molecule has 0 saturated carbocycles. The number of aromatic nitrogens is 3. The SMILES string of the molecule is O=C(O)c1ccnc(-c2nc3cc(CN4CCC(c5cc(Cl)cc(Cl)c5)CC4)ccc3n2CCc2ccc(F)cc2)c1. The third-order valence-electron chi connectivity index (χ3n) is 7.94. The molecule has 5 aromatic rings. The molecule has 0 bridgehead atoms. The van der Waals surface area contributed by atoms with E-state index in [1.807, 2.05) is 12.1 Å². The van der Waals surface area contributed by atoms with Crippen molar-refractivity contribution in [2.24, 2.45) is 0 Å². The third-order valence-corrected chi connectivity index (χ3v) is 8.37. The van der Waals surface area contributed by atoms with E-state index < -0.39 is 5.97 Å². The lowest BCUT2D eigenvalue weighted by molar-refractivity contribution is 0.0696. The van der Waals surface area contributed by atoms with E-state index in [4.69, 9.17) is 28.2 Å². The summed E-state index contributed by atoms with van der Waals surface area (Å²) >= 11 is 12.5. The number of rotatable bonds is 8. The van der Waals surface area contributed by atoms with Gasteiger partial charge in [0.05, 0.1) is 16.6 Å². The summed E-state index contributed by atoms with van der Waals surface area (Å²) in [7, 11) is 0. The fourth-order valence-electron chi connectivity index (χ4n) is 5.77. The van der Waals surface area contributed by atoms with Gasteiger partial charge in [-0.25, -0.2) is 14.2 Å². The van der Waals surface area contributed by atoms with Crippen LogP contribution in [0.25, 0.3) is 22.6 Å². The smallest absolute Gasteiger partial charge is 0.335 e. The molecule has 214 valence electrons. The van der Waals surface area contributed by atoms with Crippen molar-refractivity contribution in [1.29, 1.82) is 0 Å². The number of aromatic carboxylic acids is 1. The van der Waals surface area contributed by atoms with Crippen molar-refractivity contribution in [2.75, 3.05) is 13.1 Å². The maximum absolute atomic E-state index is 13.4. The number of carbonyl (C=O) groups is 1. The lowest BCUT2D eigenvalue weighted by atomic mass is 9.89. The number of hydrogen-bond acceptors (Lipinski definition) is 4. The summed E-state index contributed by atoms with van der Waals surface area (Å²) in [6, 6.07) is 21.6. The average Bonchev–Trinajstić information content (AvgIpc) is 3.34. The van der Waals surface area contributed by atoms with Gasteiger partial charge in [-0.1, -0.05) is 41.4 Å². The molecule has 9 heteroatoms. The zero-order valence-corrected chi connectivity index (χ0v) is 24.3. The van der Waals surface area contributed by atoms with Crippen LogP contribution in [0.3, 0.4) is 0 Å². The van der Waals surface area contributed by atoms with Gasteiger partial charge in [0, 0.05) is 29.3 Å². The van der Waals surface area contributed by atoms with Crippen LogP contribution in [-0.4, -0.2) is 43.6 Å². The van der Waals surface area contributed by atoms with E-state index in [1.165, 1.54) is 30.0 Å². The second kappa shape index (κ2) is 12.2. The first-order chi connectivity index (χ1) is 20.3. The molecule has 0 unspecified atom stereocenters. The lowest BCUT2D eigenvalue weighted by Gasteiger charge is -2.32. The standard InChI is InChI=1S/C33H29Cl2FN4O2/c34-26-16-25(17-27(35)19-26)23-9-12-39(13-10-23)20-22-3-6-31-29(15-22)38-32(30-18-24(33(41)42)7-11-37-30)40(31)14-8-21-1-4-28(36)5-2-21/h1-7,11,15-19,23H,8-10,12-14,20H2,(H,41,42). The molecule has 1 saturated heterocycles. The average molecular weight is 604 g/mol. The molecule has 6 nitrogen and oxygen atoms in total. The predicted octanol–water partition coefficient (Wildman–Crippen LogP) is 7.86. The van der Waals surface area contributed by atoms with Crippen LogP contribution in [0, 0.1) is 5.82 Å². The van der Waals surface area contributed by atoms with Crippen molar-refractivity contribution in [1.82, 2.24) is 19.4 Å². The Kier molecular flexibility index (Phi) is 8.24. The van der Waals surface area contributed by atoms with Crippen LogP contribution < -0.4 is 0 Å². The van der Waals surface area contributed by atoms with E-state index in [0.717, 1.165) is 54.6 Å². The molecule has 0 spiro atoms. The highest BCUT2D eigenvalue weighted by atomic mass is 35.5. The Bertz CT molecular complexity index is 1730. The van der Waals surface area contributed by atoms with E-state index >= 15 is 0 Å². The van der Waals surface area contributed by atoms with Crippen molar-refractivity contribution in [3.8, 4) is 11.5 Å². The Labute approximate surface area is 253 Å². The molecule has 1 aliphatic rings. The first-order valence-corrected chi connectivity index (χ1v) is 14.7. The summed E-state index contributed by atoms with van der Waals surface area (Å²) in [6.07, 6.45) is 4.22. The summed E-state index contributed by atoms with van der Waals surface area (Å²) < 4.78 is 15.5. The molecule has 1 aliphatic heterocycles. The molecule has 3 aromatic carbocycles. The number of hydrogen-bond donors (Lipinski definition) is 1. The Morgan fingerprint density at radius 2 is 1.64 bits per heavy atom. The number of imidazole rings is 1. The molecule has 2 aromatic heterocycles. The monoisotopic (exact) mass is 602 g/mol. The molecule has 3 heterocycles. The molecule has 0 radical (unpaired) electrons. The number of carboxylic acid groups (broad SMARTS) is 1. The van der Waals surface area contributed by atoms with Gasteiger partial charge in [0.25, 0.3) is 0 Å². The number of fused-ring (bicyclic) bond motifs is 1. The van der Waals surface area contributed by atoms with Gasteiger partial charge < -0.3 is 9.67 Å². The topological polar surface area (TPSA) is 71.2 Å². The number of pyridine rings is 1. The molecule has 0 atom stereocenters. The number of carboxylic acids is 1. The molecule has 0 amide bonds. The largest absolute Gasteiger partial charge is 0.478 e. The van der Waals surface area contributed by atoms with E-state index in [1.54, 1.807) is 24.3 Å². The van der Waals surface area contributed by atoms with Gasteiger partial charge >= 0.3 is 5.97 Å². The molecule has 0 aliphatic carbocycles. The minimum Gasteiger partial charge on any atom is -0.478 e. The highest BCUT2D eigenvalue weighted by Crippen LogP contribution is 2.33. The summed E-state index contributed by atoms with van der Waals surface area (Å²) in [5, 5.41) is 10.9. The van der Waals surface area contributed by atoms with Gasteiger partial charge in [0.2, 0.25) is 0 Å². The van der Waals surface area contributed by atoms with Gasteiger partial charge in [0.15, 0.2) is 5.82 Å². The molecule has 6 rings (SSSR count). The molecular weight excluding hydrogens is 574 g/mol. The Morgan fingerprint density at radius 1 is 0.929 bits per heavy atom. The quantitative estimate of drug-likeness (QED) is 0.196. The van der Waals surface area contributed by atoms with Crippen molar-refractivity contribution < 1.29 is 14.3 Å². The normalized spacial score (nSPS) is 14.5. The maximum Gasteiger partial charge on any atom is 0.335 e. The maximum atomic E-state index is 13.4. The number of likely N-dealkylation sites (tertiary alicyclic amines) is 1. The van der Waals surface area contributed by atoms with E-state index in [0.29, 0.717) is 40.4 Å². The van der Waals surface area contributed by atoms with Gasteiger partial charge in [-0.05, 0) is 110 Å². The van der Waals surface area contributed by atoms with Gasteiger partial charge in [-0.3, -0.25) is 9.88 Å². The number of nitrogens with zero attached hydrogens (tertiary/aromatic N) is 4.